The predicted molar refractivity (Wildman–Crippen MR) is 125 cm³/mol. The fourth-order valence-electron chi connectivity index (χ4n) is 3.46. The van der Waals surface area contributed by atoms with Crippen molar-refractivity contribution in [1.82, 2.24) is 5.32 Å². The number of hydrogen-bond acceptors (Lipinski definition) is 3. The summed E-state index contributed by atoms with van der Waals surface area (Å²) in [5.74, 6) is -0.396. The molecule has 0 radical (unpaired) electrons. The van der Waals surface area contributed by atoms with Gasteiger partial charge < -0.3 is 15.7 Å². The summed E-state index contributed by atoms with van der Waals surface area (Å²) in [6, 6.07) is 18.7. The zero-order valence-corrected chi connectivity index (χ0v) is 17.9. The van der Waals surface area contributed by atoms with E-state index in [2.05, 4.69) is 10.6 Å². The molecule has 0 aliphatic rings. The van der Waals surface area contributed by atoms with Crippen LogP contribution in [-0.4, -0.2) is 24.0 Å². The average molecular weight is 415 g/mol. The number of aliphatic hydroxyl groups is 1. The highest BCUT2D eigenvalue weighted by Gasteiger charge is 2.09. The topological polar surface area (TPSA) is 78.4 Å². The molecule has 0 aliphatic heterocycles. The third-order valence-corrected chi connectivity index (χ3v) is 5.26. The Morgan fingerprint density at radius 2 is 1.74 bits per heavy atom. The molecule has 5 heteroatoms. The molecule has 0 fully saturated rings. The molecule has 0 heterocycles. The van der Waals surface area contributed by atoms with Gasteiger partial charge in [0.25, 0.3) is 5.91 Å². The first-order valence-corrected chi connectivity index (χ1v) is 10.0. The number of anilines is 1. The van der Waals surface area contributed by atoms with E-state index in [1.165, 1.54) is 6.08 Å². The van der Waals surface area contributed by atoms with Crippen molar-refractivity contribution in [2.45, 2.75) is 20.5 Å². The zero-order valence-electron chi connectivity index (χ0n) is 17.9. The summed E-state index contributed by atoms with van der Waals surface area (Å²) < 4.78 is 0. The van der Waals surface area contributed by atoms with Gasteiger partial charge >= 0.3 is 0 Å². The minimum absolute atomic E-state index is 0.00315. The highest BCUT2D eigenvalue weighted by Crippen LogP contribution is 2.29. The lowest BCUT2D eigenvalue weighted by atomic mass is 9.93. The Hall–Kier alpha value is -3.70. The molecule has 0 bridgehead atoms. The quantitative estimate of drug-likeness (QED) is 0.521. The molecular weight excluding hydrogens is 388 g/mol. The minimum Gasteiger partial charge on any atom is -0.392 e. The van der Waals surface area contributed by atoms with Crippen molar-refractivity contribution in [2.75, 3.05) is 12.4 Å². The van der Waals surface area contributed by atoms with Crippen LogP contribution in [0.25, 0.3) is 17.2 Å². The lowest BCUT2D eigenvalue weighted by Gasteiger charge is -2.14. The molecule has 0 aromatic heterocycles. The molecule has 3 aromatic rings. The Morgan fingerprint density at radius 3 is 2.42 bits per heavy atom. The molecular formula is C26H26N2O3. The van der Waals surface area contributed by atoms with Gasteiger partial charge in [-0.3, -0.25) is 9.59 Å². The Bertz CT molecular complexity index is 1130. The second kappa shape index (κ2) is 9.87. The summed E-state index contributed by atoms with van der Waals surface area (Å²) >= 11 is 0. The SMILES string of the molecule is CNC(=O)c1ccc(/C=C/C(=O)Nc2cccc(-c3ccc(C)c(CO)c3C)c2)cc1. The van der Waals surface area contributed by atoms with Crippen LogP contribution in [0.15, 0.2) is 66.7 Å². The second-order valence-corrected chi connectivity index (χ2v) is 7.30. The summed E-state index contributed by atoms with van der Waals surface area (Å²) in [6.45, 7) is 3.98. The number of hydrogen-bond donors (Lipinski definition) is 3. The van der Waals surface area contributed by atoms with Crippen molar-refractivity contribution in [3.8, 4) is 11.1 Å². The van der Waals surface area contributed by atoms with Crippen molar-refractivity contribution in [3.05, 3.63) is 94.6 Å². The largest absolute Gasteiger partial charge is 0.392 e. The van der Waals surface area contributed by atoms with Crippen LogP contribution in [0, 0.1) is 13.8 Å². The number of aryl methyl sites for hydroxylation is 1. The van der Waals surface area contributed by atoms with Crippen LogP contribution < -0.4 is 10.6 Å². The normalized spacial score (nSPS) is 10.8. The fourth-order valence-corrected chi connectivity index (χ4v) is 3.46. The minimum atomic E-state index is -0.246. The van der Waals surface area contributed by atoms with Gasteiger partial charge in [-0.1, -0.05) is 36.4 Å². The molecule has 3 aromatic carbocycles. The molecule has 0 atom stereocenters. The molecule has 0 saturated heterocycles. The Balaban J connectivity index is 1.73. The van der Waals surface area contributed by atoms with Crippen LogP contribution in [0.5, 0.6) is 0 Å². The van der Waals surface area contributed by atoms with Crippen LogP contribution in [0.4, 0.5) is 5.69 Å². The van der Waals surface area contributed by atoms with E-state index in [0.29, 0.717) is 11.3 Å². The number of amides is 2. The Labute approximate surface area is 182 Å². The fraction of sp³-hybridized carbons (Fsp3) is 0.154. The number of benzene rings is 3. The number of carbonyl (C=O) groups is 2. The van der Waals surface area contributed by atoms with E-state index in [-0.39, 0.29) is 18.4 Å². The van der Waals surface area contributed by atoms with Gasteiger partial charge in [-0.2, -0.15) is 0 Å². The lowest BCUT2D eigenvalue weighted by Crippen LogP contribution is -2.17. The van der Waals surface area contributed by atoms with Gasteiger partial charge in [-0.25, -0.2) is 0 Å². The summed E-state index contributed by atoms with van der Waals surface area (Å²) in [4.78, 5) is 24.0. The number of nitrogens with one attached hydrogen (secondary N) is 2. The van der Waals surface area contributed by atoms with E-state index in [1.807, 2.05) is 50.2 Å². The molecule has 3 N–H and O–H groups in total. The number of rotatable bonds is 6. The van der Waals surface area contributed by atoms with E-state index in [1.54, 1.807) is 37.4 Å². The van der Waals surface area contributed by atoms with E-state index < -0.39 is 0 Å². The monoisotopic (exact) mass is 414 g/mol. The summed E-state index contributed by atoms with van der Waals surface area (Å²) in [5, 5.41) is 15.1. The van der Waals surface area contributed by atoms with Crippen molar-refractivity contribution in [1.29, 1.82) is 0 Å². The second-order valence-electron chi connectivity index (χ2n) is 7.30. The molecule has 0 saturated carbocycles. The summed E-state index contributed by atoms with van der Waals surface area (Å²) in [5.41, 5.74) is 7.09. The van der Waals surface area contributed by atoms with Crippen molar-refractivity contribution >= 4 is 23.6 Å². The molecule has 158 valence electrons. The van der Waals surface area contributed by atoms with Gasteiger partial charge in [0.15, 0.2) is 0 Å². The van der Waals surface area contributed by atoms with Gasteiger partial charge in [0.1, 0.15) is 0 Å². The first-order chi connectivity index (χ1) is 14.9. The molecule has 31 heavy (non-hydrogen) atoms. The van der Waals surface area contributed by atoms with Crippen LogP contribution in [-0.2, 0) is 11.4 Å². The first kappa shape index (κ1) is 22.0. The molecule has 0 unspecified atom stereocenters. The maximum atomic E-state index is 12.4. The lowest BCUT2D eigenvalue weighted by molar-refractivity contribution is -0.111. The molecule has 0 spiro atoms. The molecule has 5 nitrogen and oxygen atoms in total. The Morgan fingerprint density at radius 1 is 1.00 bits per heavy atom. The maximum absolute atomic E-state index is 12.4. The van der Waals surface area contributed by atoms with Crippen LogP contribution in [0.3, 0.4) is 0 Å². The van der Waals surface area contributed by atoms with Gasteiger partial charge in [0.2, 0.25) is 5.91 Å². The molecule has 2 amide bonds. The highest BCUT2D eigenvalue weighted by molar-refractivity contribution is 6.02. The van der Waals surface area contributed by atoms with Crippen molar-refractivity contribution in [3.63, 3.8) is 0 Å². The number of aliphatic hydroxyl groups excluding tert-OH is 1. The van der Waals surface area contributed by atoms with Gasteiger partial charge in [0, 0.05) is 24.4 Å². The van der Waals surface area contributed by atoms with Crippen molar-refractivity contribution in [2.24, 2.45) is 0 Å². The molecule has 0 aliphatic carbocycles. The average Bonchev–Trinajstić information content (AvgIpc) is 2.78. The maximum Gasteiger partial charge on any atom is 0.251 e. The van der Waals surface area contributed by atoms with Crippen molar-refractivity contribution < 1.29 is 14.7 Å². The predicted octanol–water partition coefficient (Wildman–Crippen LogP) is 4.47. The number of carbonyl (C=O) groups excluding carboxylic acids is 2. The third-order valence-electron chi connectivity index (χ3n) is 5.26. The van der Waals surface area contributed by atoms with Crippen LogP contribution in [0.1, 0.15) is 32.6 Å². The van der Waals surface area contributed by atoms with E-state index in [4.69, 9.17) is 0 Å². The standard InChI is InChI=1S/C26H26N2O3/c1-17-7-13-23(18(2)24(17)16-29)21-5-4-6-22(15-21)28-25(30)14-10-19-8-11-20(12-9-19)26(31)27-3/h4-15,29H,16H2,1-3H3,(H,27,31)(H,28,30)/b14-10+. The van der Waals surface area contributed by atoms with E-state index >= 15 is 0 Å². The highest BCUT2D eigenvalue weighted by atomic mass is 16.3. The molecule has 3 rings (SSSR count). The Kier molecular flexibility index (Phi) is 7.00. The summed E-state index contributed by atoms with van der Waals surface area (Å²) in [7, 11) is 1.58. The van der Waals surface area contributed by atoms with E-state index in [9.17, 15) is 14.7 Å². The van der Waals surface area contributed by atoms with Crippen LogP contribution in [0.2, 0.25) is 0 Å². The third kappa shape index (κ3) is 5.27. The van der Waals surface area contributed by atoms with Gasteiger partial charge in [0.05, 0.1) is 6.61 Å². The zero-order chi connectivity index (χ0) is 22.4. The van der Waals surface area contributed by atoms with E-state index in [0.717, 1.165) is 33.4 Å². The smallest absolute Gasteiger partial charge is 0.251 e. The van der Waals surface area contributed by atoms with Gasteiger partial charge in [-0.05, 0) is 77.6 Å². The first-order valence-electron chi connectivity index (χ1n) is 10.0. The summed E-state index contributed by atoms with van der Waals surface area (Å²) in [6.07, 6.45) is 3.16. The van der Waals surface area contributed by atoms with Gasteiger partial charge in [-0.15, -0.1) is 0 Å². The van der Waals surface area contributed by atoms with Crippen LogP contribution >= 0.6 is 0 Å².